The van der Waals surface area contributed by atoms with Gasteiger partial charge in [-0.3, -0.25) is 0 Å². The molecule has 0 aliphatic heterocycles. The molecule has 6 aromatic carbocycles. The first-order chi connectivity index (χ1) is 23.8. The van der Waals surface area contributed by atoms with Crippen LogP contribution in [0.1, 0.15) is 33.4 Å². The van der Waals surface area contributed by atoms with E-state index in [1.807, 2.05) is 121 Å². The Balaban J connectivity index is 1.31. The summed E-state index contributed by atoms with van der Waals surface area (Å²) in [6.45, 7) is 15.4. The normalized spacial score (nSPS) is 11.4. The molecule has 0 amide bonds. The van der Waals surface area contributed by atoms with Crippen molar-refractivity contribution in [2.24, 2.45) is 0 Å². The third kappa shape index (κ3) is 6.72. The largest absolute Gasteiger partial charge is 0.309 e. The third-order valence-electron chi connectivity index (χ3n) is 8.98. The number of hydrogen-bond donors (Lipinski definition) is 0. The molecule has 0 unspecified atom stereocenters. The second-order valence-corrected chi connectivity index (χ2v) is 17.4. The highest BCUT2D eigenvalue weighted by atomic mass is 31.2. The Morgan fingerprint density at radius 2 is 0.510 bits per heavy atom. The lowest BCUT2D eigenvalue weighted by Crippen LogP contribution is -2.25. The molecule has 0 heterocycles. The zero-order chi connectivity index (χ0) is 34.4. The summed E-state index contributed by atoms with van der Waals surface area (Å²) in [5, 5.41) is 4.64. The summed E-state index contributed by atoms with van der Waals surface area (Å²) >= 11 is 0. The molecular formula is C45H38O2P2. The summed E-state index contributed by atoms with van der Waals surface area (Å²) in [5.74, 6) is 0. The van der Waals surface area contributed by atoms with Crippen molar-refractivity contribution in [3.05, 3.63) is 205 Å². The molecule has 0 aliphatic carbocycles. The molecule has 0 radical (unpaired) electrons. The Labute approximate surface area is 290 Å². The number of rotatable bonds is 12. The van der Waals surface area contributed by atoms with Gasteiger partial charge >= 0.3 is 0 Å². The van der Waals surface area contributed by atoms with E-state index in [2.05, 4.69) is 50.6 Å². The van der Waals surface area contributed by atoms with Gasteiger partial charge in [-0.15, -0.1) is 0 Å². The van der Waals surface area contributed by atoms with Crippen LogP contribution >= 0.6 is 14.3 Å². The van der Waals surface area contributed by atoms with E-state index in [0.29, 0.717) is 6.42 Å². The van der Waals surface area contributed by atoms with Crippen LogP contribution < -0.4 is 31.8 Å². The maximum Gasteiger partial charge on any atom is 0.171 e. The summed E-state index contributed by atoms with van der Waals surface area (Å²) in [4.78, 5) is 0. The van der Waals surface area contributed by atoms with Gasteiger partial charge in [0.05, 0.1) is 0 Å². The Morgan fingerprint density at radius 1 is 0.327 bits per heavy atom. The van der Waals surface area contributed by atoms with Gasteiger partial charge in [-0.2, -0.15) is 0 Å². The molecule has 6 rings (SSSR count). The van der Waals surface area contributed by atoms with E-state index in [9.17, 15) is 0 Å². The van der Waals surface area contributed by atoms with E-state index in [-0.39, 0.29) is 0 Å². The van der Waals surface area contributed by atoms with Crippen LogP contribution in [0.2, 0.25) is 0 Å². The molecule has 240 valence electrons. The zero-order valence-electron chi connectivity index (χ0n) is 27.4. The molecule has 0 spiro atoms. The van der Waals surface area contributed by atoms with Crippen molar-refractivity contribution in [1.82, 2.24) is 0 Å². The Kier molecular flexibility index (Phi) is 9.93. The Bertz CT molecular complexity index is 1930. The zero-order valence-corrected chi connectivity index (χ0v) is 29.2. The van der Waals surface area contributed by atoms with Crippen molar-refractivity contribution in [2.45, 2.75) is 6.42 Å². The second kappa shape index (κ2) is 14.5. The highest BCUT2D eigenvalue weighted by Crippen LogP contribution is 2.44. The van der Waals surface area contributed by atoms with Crippen molar-refractivity contribution >= 4 is 70.4 Å². The molecule has 0 aliphatic rings. The van der Waals surface area contributed by atoms with E-state index in [1.165, 1.54) is 0 Å². The maximum atomic E-state index is 15.0. The van der Waals surface area contributed by atoms with Crippen LogP contribution in [0.5, 0.6) is 0 Å². The summed E-state index contributed by atoms with van der Waals surface area (Å²) in [5.41, 5.74) is 6.10. The Hall–Kier alpha value is -5.26. The highest BCUT2D eigenvalue weighted by molar-refractivity contribution is 7.85. The van der Waals surface area contributed by atoms with E-state index in [0.717, 1.165) is 65.2 Å². The van der Waals surface area contributed by atoms with Crippen LogP contribution in [0.4, 0.5) is 0 Å². The predicted molar refractivity (Wildman–Crippen MR) is 215 cm³/mol. The summed E-state index contributed by atoms with van der Waals surface area (Å²) in [6.07, 6.45) is 7.82. The van der Waals surface area contributed by atoms with Gasteiger partial charge in [0.2, 0.25) is 0 Å². The molecule has 2 nitrogen and oxygen atoms in total. The maximum absolute atomic E-state index is 15.0. The number of benzene rings is 6. The number of hydrogen-bond acceptors (Lipinski definition) is 2. The minimum atomic E-state index is -3.14. The van der Waals surface area contributed by atoms with Gasteiger partial charge in [0.1, 0.15) is 0 Å². The third-order valence-corrected chi connectivity index (χ3v) is 15.1. The van der Waals surface area contributed by atoms with Gasteiger partial charge in [-0.1, -0.05) is 196 Å². The lowest BCUT2D eigenvalue weighted by atomic mass is 10.1. The molecule has 6 aromatic rings. The summed E-state index contributed by atoms with van der Waals surface area (Å²) in [6, 6.07) is 47.3. The average molecular weight is 673 g/mol. The molecule has 0 fully saturated rings. The lowest BCUT2D eigenvalue weighted by molar-refractivity contribution is 0.591. The quantitative estimate of drug-likeness (QED) is 0.122. The minimum absolute atomic E-state index is 0.680. The molecule has 4 heteroatoms. The molecule has 49 heavy (non-hydrogen) atoms. The van der Waals surface area contributed by atoms with Crippen LogP contribution in [0.3, 0.4) is 0 Å². The Morgan fingerprint density at radius 3 is 0.694 bits per heavy atom. The van der Waals surface area contributed by atoms with E-state index < -0.39 is 14.3 Å². The molecule has 0 aromatic heterocycles. The van der Waals surface area contributed by atoms with Gasteiger partial charge in [0.15, 0.2) is 14.3 Å². The smallest absolute Gasteiger partial charge is 0.171 e. The fourth-order valence-electron chi connectivity index (χ4n) is 6.06. The standard InChI is InChI=1S/C45H38O2P2/c1-5-34-9-21-40(22-10-34)48(46,41-23-11-35(6-2)12-24-41)44-29-17-38(18-30-44)33-39-19-31-45(32-20-39)49(47,42-25-13-36(7-3)14-26-42)43-27-15-37(8-4)16-28-43/h5-32H,1-4,33H2. The monoisotopic (exact) mass is 672 g/mol. The van der Waals surface area contributed by atoms with Crippen molar-refractivity contribution < 1.29 is 9.13 Å². The predicted octanol–water partition coefficient (Wildman–Crippen LogP) is 9.13. The first-order valence-corrected chi connectivity index (χ1v) is 19.5. The molecule has 0 N–H and O–H groups in total. The fourth-order valence-corrected chi connectivity index (χ4v) is 11.3. The first kappa shape index (κ1) is 33.6. The molecular weight excluding hydrogens is 634 g/mol. The highest BCUT2D eigenvalue weighted by Gasteiger charge is 2.31. The van der Waals surface area contributed by atoms with E-state index in [4.69, 9.17) is 0 Å². The molecule has 0 atom stereocenters. The van der Waals surface area contributed by atoms with Gasteiger partial charge in [-0.05, 0) is 39.8 Å². The van der Waals surface area contributed by atoms with Gasteiger partial charge in [0.25, 0.3) is 0 Å². The molecule has 0 saturated carbocycles. The lowest BCUT2D eigenvalue weighted by Gasteiger charge is -2.21. The average Bonchev–Trinajstić information content (AvgIpc) is 3.18. The molecule has 0 saturated heterocycles. The van der Waals surface area contributed by atoms with Gasteiger partial charge in [0, 0.05) is 31.8 Å². The van der Waals surface area contributed by atoms with E-state index in [1.54, 1.807) is 24.3 Å². The van der Waals surface area contributed by atoms with Gasteiger partial charge in [-0.25, -0.2) is 0 Å². The van der Waals surface area contributed by atoms with Crippen molar-refractivity contribution in [3.63, 3.8) is 0 Å². The van der Waals surface area contributed by atoms with Crippen LogP contribution in [-0.2, 0) is 15.6 Å². The fraction of sp³-hybridized carbons (Fsp3) is 0.0222. The van der Waals surface area contributed by atoms with Crippen molar-refractivity contribution in [1.29, 1.82) is 0 Å². The van der Waals surface area contributed by atoms with Crippen molar-refractivity contribution in [2.75, 3.05) is 0 Å². The van der Waals surface area contributed by atoms with Gasteiger partial charge < -0.3 is 9.13 Å². The van der Waals surface area contributed by atoms with Crippen LogP contribution in [0.15, 0.2) is 172 Å². The van der Waals surface area contributed by atoms with Crippen LogP contribution in [0.25, 0.3) is 24.3 Å². The second-order valence-electron chi connectivity index (χ2n) is 11.9. The molecule has 0 bridgehead atoms. The summed E-state index contributed by atoms with van der Waals surface area (Å²) < 4.78 is 30.1. The minimum Gasteiger partial charge on any atom is -0.309 e. The van der Waals surface area contributed by atoms with Crippen LogP contribution in [0, 0.1) is 0 Å². The SMILES string of the molecule is C=Cc1ccc(P(=O)(c2ccc(C=C)cc2)c2ccc(Cc3ccc(P(=O)(c4ccc(C=C)cc4)c4ccc(C=C)cc4)cc3)cc2)cc1. The summed E-state index contributed by atoms with van der Waals surface area (Å²) in [7, 11) is -6.29. The topological polar surface area (TPSA) is 34.1 Å². The first-order valence-electron chi connectivity index (χ1n) is 16.1. The van der Waals surface area contributed by atoms with Crippen molar-refractivity contribution in [3.8, 4) is 0 Å². The van der Waals surface area contributed by atoms with Crippen LogP contribution in [-0.4, -0.2) is 0 Å². The van der Waals surface area contributed by atoms with E-state index >= 15 is 9.13 Å².